The van der Waals surface area contributed by atoms with E-state index in [1.165, 1.54) is 0 Å². The molecule has 0 aliphatic heterocycles. The van der Waals surface area contributed by atoms with Crippen molar-refractivity contribution in [1.82, 2.24) is 14.8 Å². The van der Waals surface area contributed by atoms with Crippen molar-refractivity contribution in [1.29, 1.82) is 0 Å². The van der Waals surface area contributed by atoms with Gasteiger partial charge in [-0.1, -0.05) is 0 Å². The molecular weight excluding hydrogens is 250 g/mol. The van der Waals surface area contributed by atoms with E-state index in [9.17, 15) is 4.79 Å². The predicted molar refractivity (Wildman–Crippen MR) is 69.6 cm³/mol. The monoisotopic (exact) mass is 263 g/mol. The fourth-order valence-electron chi connectivity index (χ4n) is 1.59. The molecule has 94 valence electrons. The van der Waals surface area contributed by atoms with Crippen LogP contribution in [0.1, 0.15) is 22.1 Å². The number of aromatic nitrogens is 3. The largest absolute Gasteiger partial charge is 0.478 e. The maximum absolute atomic E-state index is 10.4. The zero-order chi connectivity index (χ0) is 13.1. The summed E-state index contributed by atoms with van der Waals surface area (Å²) in [5.74, 6) is 0.698. The van der Waals surface area contributed by atoms with Gasteiger partial charge in [0.2, 0.25) is 0 Å². The van der Waals surface area contributed by atoms with Gasteiger partial charge in [-0.2, -0.15) is 5.10 Å². The van der Waals surface area contributed by atoms with Gasteiger partial charge in [0.25, 0.3) is 0 Å². The van der Waals surface area contributed by atoms with Crippen molar-refractivity contribution in [2.24, 2.45) is 0 Å². The third-order valence-corrected chi connectivity index (χ3v) is 3.30. The van der Waals surface area contributed by atoms with Crippen LogP contribution in [0.25, 0.3) is 6.08 Å². The summed E-state index contributed by atoms with van der Waals surface area (Å²) in [5.41, 5.74) is 0.895. The second kappa shape index (κ2) is 5.14. The maximum atomic E-state index is 10.4. The lowest BCUT2D eigenvalue weighted by molar-refractivity contribution is -0.131. The molecule has 0 saturated heterocycles. The van der Waals surface area contributed by atoms with E-state index in [2.05, 4.69) is 10.1 Å². The van der Waals surface area contributed by atoms with E-state index in [0.717, 1.165) is 28.2 Å². The molecule has 5 nitrogen and oxygen atoms in total. The van der Waals surface area contributed by atoms with Gasteiger partial charge in [-0.15, -0.1) is 11.3 Å². The average Bonchev–Trinajstić information content (AvgIpc) is 2.84. The highest BCUT2D eigenvalue weighted by atomic mass is 32.1. The Labute approximate surface area is 108 Å². The molecule has 0 saturated carbocycles. The summed E-state index contributed by atoms with van der Waals surface area (Å²) in [6.07, 6.45) is 2.72. The molecule has 0 fully saturated rings. The number of carboxylic acids is 1. The first kappa shape index (κ1) is 12.5. The first-order valence-corrected chi connectivity index (χ1v) is 6.29. The molecule has 0 amide bonds. The first-order chi connectivity index (χ1) is 8.54. The van der Waals surface area contributed by atoms with Crippen molar-refractivity contribution in [3.8, 4) is 0 Å². The Hall–Kier alpha value is -1.95. The van der Waals surface area contributed by atoms with Crippen molar-refractivity contribution in [2.75, 3.05) is 0 Å². The quantitative estimate of drug-likeness (QED) is 0.858. The number of hydrogen-bond donors (Lipinski definition) is 1. The number of aliphatic carboxylic acids is 1. The molecule has 0 unspecified atom stereocenters. The summed E-state index contributed by atoms with van der Waals surface area (Å²) < 4.78 is 1.84. The number of aryl methyl sites for hydroxylation is 2. The highest BCUT2D eigenvalue weighted by Gasteiger charge is 2.05. The topological polar surface area (TPSA) is 68.0 Å². The van der Waals surface area contributed by atoms with Crippen LogP contribution in [0.5, 0.6) is 0 Å². The Kier molecular flexibility index (Phi) is 3.57. The number of hydrogen-bond acceptors (Lipinski definition) is 4. The summed E-state index contributed by atoms with van der Waals surface area (Å²) in [7, 11) is 0. The van der Waals surface area contributed by atoms with Gasteiger partial charge in [-0.25, -0.2) is 14.5 Å². The maximum Gasteiger partial charge on any atom is 0.328 e. The zero-order valence-electron chi connectivity index (χ0n) is 10.1. The molecule has 2 aromatic rings. The van der Waals surface area contributed by atoms with E-state index < -0.39 is 5.97 Å². The third-order valence-electron chi connectivity index (χ3n) is 2.36. The fourth-order valence-corrected chi connectivity index (χ4v) is 2.43. The number of rotatable bonds is 4. The zero-order valence-corrected chi connectivity index (χ0v) is 10.9. The van der Waals surface area contributed by atoms with E-state index in [1.54, 1.807) is 17.4 Å². The van der Waals surface area contributed by atoms with Gasteiger partial charge in [0.15, 0.2) is 0 Å². The first-order valence-electron chi connectivity index (χ1n) is 5.41. The minimum absolute atomic E-state index is 0.665. The van der Waals surface area contributed by atoms with Gasteiger partial charge < -0.3 is 5.11 Å². The van der Waals surface area contributed by atoms with E-state index in [4.69, 9.17) is 5.11 Å². The molecule has 1 N–H and O–H groups in total. The van der Waals surface area contributed by atoms with Gasteiger partial charge in [0, 0.05) is 11.0 Å². The molecule has 2 heterocycles. The summed E-state index contributed by atoms with van der Waals surface area (Å²) in [6.45, 7) is 4.44. The normalized spacial score (nSPS) is 11.2. The summed E-state index contributed by atoms with van der Waals surface area (Å²) in [4.78, 5) is 15.8. The molecule has 6 heteroatoms. The smallest absolute Gasteiger partial charge is 0.328 e. The van der Waals surface area contributed by atoms with Crippen molar-refractivity contribution in [3.05, 3.63) is 39.6 Å². The second-order valence-corrected chi connectivity index (χ2v) is 4.88. The lowest BCUT2D eigenvalue weighted by atomic mass is 10.3. The average molecular weight is 263 g/mol. The van der Waals surface area contributed by atoms with Crippen LogP contribution in [-0.4, -0.2) is 25.8 Å². The Bertz CT molecular complexity index is 598. The van der Waals surface area contributed by atoms with Crippen molar-refractivity contribution >= 4 is 23.4 Å². The van der Waals surface area contributed by atoms with Crippen LogP contribution in [0, 0.1) is 13.8 Å². The minimum atomic E-state index is -0.939. The SMILES string of the molecule is Cc1nc(C)n(Cc2cc(C=CC(=O)O)cs2)n1. The van der Waals surface area contributed by atoms with Crippen LogP contribution >= 0.6 is 11.3 Å². The molecule has 0 aliphatic carbocycles. The molecule has 2 aromatic heterocycles. The summed E-state index contributed by atoms with van der Waals surface area (Å²) in [6, 6.07) is 1.96. The Morgan fingerprint density at radius 3 is 2.94 bits per heavy atom. The predicted octanol–water partition coefficient (Wildman–Crippen LogP) is 2.10. The number of nitrogens with zero attached hydrogens (tertiary/aromatic N) is 3. The summed E-state index contributed by atoms with van der Waals surface area (Å²) >= 11 is 1.58. The van der Waals surface area contributed by atoms with Gasteiger partial charge in [0.1, 0.15) is 11.6 Å². The van der Waals surface area contributed by atoms with Gasteiger partial charge in [-0.3, -0.25) is 0 Å². The molecule has 0 aliphatic rings. The van der Waals surface area contributed by atoms with Crippen LogP contribution in [0.15, 0.2) is 17.5 Å². The molecular formula is C12H13N3O2S. The molecule has 2 rings (SSSR count). The van der Waals surface area contributed by atoms with Crippen molar-refractivity contribution in [3.63, 3.8) is 0 Å². The van der Waals surface area contributed by atoms with E-state index >= 15 is 0 Å². The Morgan fingerprint density at radius 1 is 1.56 bits per heavy atom. The number of carboxylic acid groups (broad SMARTS) is 1. The standard InChI is InChI=1S/C12H13N3O2S/c1-8-13-9(2)15(14-8)6-11-5-10(7-18-11)3-4-12(16)17/h3-5,7H,6H2,1-2H3,(H,16,17). The van der Waals surface area contributed by atoms with Gasteiger partial charge >= 0.3 is 5.97 Å². The van der Waals surface area contributed by atoms with Crippen molar-refractivity contribution in [2.45, 2.75) is 20.4 Å². The van der Waals surface area contributed by atoms with Crippen LogP contribution in [0.4, 0.5) is 0 Å². The Balaban J connectivity index is 2.11. The van der Waals surface area contributed by atoms with E-state index in [0.29, 0.717) is 6.54 Å². The third kappa shape index (κ3) is 3.04. The molecule has 18 heavy (non-hydrogen) atoms. The second-order valence-electron chi connectivity index (χ2n) is 3.88. The Morgan fingerprint density at radius 2 is 2.33 bits per heavy atom. The van der Waals surface area contributed by atoms with Crippen LogP contribution < -0.4 is 0 Å². The molecule has 0 spiro atoms. The van der Waals surface area contributed by atoms with E-state index in [1.807, 2.05) is 30.0 Å². The van der Waals surface area contributed by atoms with E-state index in [-0.39, 0.29) is 0 Å². The molecule has 0 radical (unpaired) electrons. The summed E-state index contributed by atoms with van der Waals surface area (Å²) in [5, 5.41) is 14.8. The minimum Gasteiger partial charge on any atom is -0.478 e. The molecule has 0 bridgehead atoms. The number of thiophene rings is 1. The number of carbonyl (C=O) groups is 1. The molecule has 0 atom stereocenters. The lowest BCUT2D eigenvalue weighted by Gasteiger charge is -1.99. The van der Waals surface area contributed by atoms with Crippen LogP contribution in [0.2, 0.25) is 0 Å². The highest BCUT2D eigenvalue weighted by molar-refractivity contribution is 7.10. The van der Waals surface area contributed by atoms with Gasteiger partial charge in [-0.05, 0) is 36.9 Å². The van der Waals surface area contributed by atoms with Crippen molar-refractivity contribution < 1.29 is 9.90 Å². The lowest BCUT2D eigenvalue weighted by Crippen LogP contribution is -2.02. The van der Waals surface area contributed by atoms with Gasteiger partial charge in [0.05, 0.1) is 6.54 Å². The molecule has 0 aromatic carbocycles. The highest BCUT2D eigenvalue weighted by Crippen LogP contribution is 2.17. The fraction of sp³-hybridized carbons (Fsp3) is 0.250. The van der Waals surface area contributed by atoms with Crippen LogP contribution in [0.3, 0.4) is 0 Å². The van der Waals surface area contributed by atoms with Crippen LogP contribution in [-0.2, 0) is 11.3 Å².